The van der Waals surface area contributed by atoms with Crippen LogP contribution in [0.2, 0.25) is 0 Å². The number of ether oxygens (including phenoxy) is 2. The Morgan fingerprint density at radius 3 is 1.72 bits per heavy atom. The number of methoxy groups -OCH3 is 2. The van der Waals surface area contributed by atoms with Gasteiger partial charge in [-0.15, -0.1) is 0 Å². The number of pyridine rings is 2. The maximum atomic E-state index is 10.3. The third-order valence-electron chi connectivity index (χ3n) is 2.74. The van der Waals surface area contributed by atoms with Gasteiger partial charge in [0.2, 0.25) is 17.5 Å². The molecule has 0 aliphatic carbocycles. The standard InChI is InChI=1S/C9H10N2O3.C7H7NO2.CH4.3HI.V/c1-7(11(12)13)5-8-3-4-9(14-2)10-6-8;1-10-7-3-2-6(5-9)4-8-7;;;;;/h3-6H,1-2H3;2-5H,1H3;1H4;3*1H;/q;;;;;;+3/p-3/b7-5-;;;;;;. The SMILES string of the molecule is C.COc1ccc(/C=C(/C)[N+](=O)[O-])cn1.COc1ccc(C=O)cn1.[I][V]([I])[I]. The summed E-state index contributed by atoms with van der Waals surface area (Å²) in [6.45, 7) is 1.43. The molecule has 0 saturated heterocycles. The zero-order chi connectivity index (χ0) is 21.5. The Kier molecular flexibility index (Phi) is 19.3. The number of hydrogen-bond donors (Lipinski definition) is 0. The molecule has 2 aromatic heterocycles. The van der Waals surface area contributed by atoms with Gasteiger partial charge >= 0.3 is 64.9 Å². The number of nitro groups is 1. The third kappa shape index (κ3) is 15.9. The van der Waals surface area contributed by atoms with Crippen molar-refractivity contribution in [1.82, 2.24) is 9.97 Å². The van der Waals surface area contributed by atoms with E-state index in [0.717, 1.165) is 6.29 Å². The van der Waals surface area contributed by atoms with Crippen molar-refractivity contribution in [3.8, 4) is 11.8 Å². The van der Waals surface area contributed by atoms with E-state index in [1.807, 2.05) is 0 Å². The first kappa shape index (κ1) is 30.7. The average Bonchev–Trinajstić information content (AvgIpc) is 2.68. The van der Waals surface area contributed by atoms with Crippen LogP contribution in [0.15, 0.2) is 42.4 Å². The molecule has 8 nitrogen and oxygen atoms in total. The van der Waals surface area contributed by atoms with Crippen LogP contribution in [0, 0.1) is 10.1 Å². The molecule has 0 amide bonds. The molecule has 2 heterocycles. The van der Waals surface area contributed by atoms with Gasteiger partial charge in [0.05, 0.1) is 19.1 Å². The van der Waals surface area contributed by atoms with Gasteiger partial charge in [-0.2, -0.15) is 0 Å². The number of carbonyl (C=O) groups is 1. The van der Waals surface area contributed by atoms with E-state index < -0.39 is 4.92 Å². The minimum atomic E-state index is -0.440. The van der Waals surface area contributed by atoms with Crippen LogP contribution in [0.5, 0.6) is 11.8 Å². The van der Waals surface area contributed by atoms with Gasteiger partial charge in [-0.3, -0.25) is 14.9 Å². The number of aromatic nitrogens is 2. The van der Waals surface area contributed by atoms with Gasteiger partial charge in [0, 0.05) is 43.1 Å². The van der Waals surface area contributed by atoms with E-state index in [0.29, 0.717) is 22.9 Å². The summed E-state index contributed by atoms with van der Waals surface area (Å²) >= 11 is 7.39. The predicted octanol–water partition coefficient (Wildman–Crippen LogP) is 5.92. The van der Waals surface area contributed by atoms with Crippen LogP contribution in [0.4, 0.5) is 0 Å². The molecule has 0 atom stereocenters. The molecule has 0 unspecified atom stereocenters. The topological polar surface area (TPSA) is 104 Å². The van der Waals surface area contributed by atoms with E-state index in [2.05, 4.69) is 69.9 Å². The number of allylic oxidation sites excluding steroid dienone is 1. The van der Waals surface area contributed by atoms with E-state index in [9.17, 15) is 14.9 Å². The molecule has 2 rings (SSSR count). The van der Waals surface area contributed by atoms with Crippen molar-refractivity contribution >= 4 is 72.3 Å². The molecule has 160 valence electrons. The second kappa shape index (κ2) is 18.3. The van der Waals surface area contributed by atoms with Crippen molar-refractivity contribution in [3.05, 3.63) is 63.6 Å². The molecular formula is C17H21I3N3O5V. The fraction of sp³-hybridized carbons (Fsp3) is 0.235. The molecule has 0 aromatic carbocycles. The zero-order valence-corrected chi connectivity index (χ0v) is 23.0. The molecule has 0 aliphatic heterocycles. The van der Waals surface area contributed by atoms with Gasteiger partial charge in [-0.05, 0) is 17.7 Å². The number of aldehydes is 1. The van der Waals surface area contributed by atoms with Crippen LogP contribution in [-0.4, -0.2) is 35.4 Å². The summed E-state index contributed by atoms with van der Waals surface area (Å²) in [6, 6.07) is 6.65. The van der Waals surface area contributed by atoms with E-state index in [1.54, 1.807) is 24.3 Å². The van der Waals surface area contributed by atoms with Crippen LogP contribution < -0.4 is 9.47 Å². The fourth-order valence-electron chi connectivity index (χ4n) is 1.47. The summed E-state index contributed by atoms with van der Waals surface area (Å²) in [4.78, 5) is 27.5. The van der Waals surface area contributed by atoms with E-state index >= 15 is 0 Å². The Morgan fingerprint density at radius 1 is 1.03 bits per heavy atom. The van der Waals surface area contributed by atoms with Crippen molar-refractivity contribution < 1.29 is 24.1 Å². The Labute approximate surface area is 208 Å². The predicted molar refractivity (Wildman–Crippen MR) is 136 cm³/mol. The minimum absolute atomic E-state index is 0. The molecule has 0 spiro atoms. The first-order valence-electron chi connectivity index (χ1n) is 7.28. The monoisotopic (exact) mass is 779 g/mol. The van der Waals surface area contributed by atoms with Gasteiger partial charge in [0.15, 0.2) is 6.29 Å². The first-order chi connectivity index (χ1) is 13.2. The Bertz CT molecular complexity index is 757. The maximum absolute atomic E-state index is 10.3. The van der Waals surface area contributed by atoms with Gasteiger partial charge in [0.25, 0.3) is 0 Å². The van der Waals surface area contributed by atoms with E-state index in [1.165, 1.54) is 39.6 Å². The molecule has 0 fully saturated rings. The van der Waals surface area contributed by atoms with Crippen molar-refractivity contribution in [2.75, 3.05) is 14.2 Å². The van der Waals surface area contributed by atoms with Crippen molar-refractivity contribution in [2.45, 2.75) is 14.4 Å². The summed E-state index contributed by atoms with van der Waals surface area (Å²) in [5.41, 5.74) is 1.32. The summed E-state index contributed by atoms with van der Waals surface area (Å²) in [5, 5.41) is 10.3. The quantitative estimate of drug-likeness (QED) is 0.161. The fourth-order valence-corrected chi connectivity index (χ4v) is 1.47. The number of hydrogen-bond acceptors (Lipinski definition) is 7. The van der Waals surface area contributed by atoms with Gasteiger partial charge in [-0.25, -0.2) is 9.97 Å². The molecule has 2 aromatic rings. The normalized spacial score (nSPS) is 9.69. The zero-order valence-electron chi connectivity index (χ0n) is 15.1. The summed E-state index contributed by atoms with van der Waals surface area (Å²) in [5.74, 6) is 1.01. The van der Waals surface area contributed by atoms with Crippen LogP contribution in [-0.2, 0) is 4.92 Å². The summed E-state index contributed by atoms with van der Waals surface area (Å²) < 4.78 is 9.64. The Morgan fingerprint density at radius 2 is 1.45 bits per heavy atom. The molecule has 0 aliphatic rings. The number of halogens is 3. The third-order valence-corrected chi connectivity index (χ3v) is 2.74. The van der Waals surface area contributed by atoms with Crippen LogP contribution in [0.25, 0.3) is 6.08 Å². The van der Waals surface area contributed by atoms with Gasteiger partial charge < -0.3 is 9.47 Å². The molecule has 0 N–H and O–H groups in total. The van der Waals surface area contributed by atoms with Crippen LogP contribution in [0.3, 0.4) is 0 Å². The molecule has 12 heteroatoms. The van der Waals surface area contributed by atoms with E-state index in [-0.39, 0.29) is 18.0 Å². The van der Waals surface area contributed by atoms with Crippen molar-refractivity contribution in [3.63, 3.8) is 0 Å². The average molecular weight is 779 g/mol. The molecule has 0 radical (unpaired) electrons. The molecule has 0 saturated carbocycles. The Balaban J connectivity index is 0. The summed E-state index contributed by atoms with van der Waals surface area (Å²) in [6.07, 6.45) is 5.18. The number of rotatable bonds is 5. The van der Waals surface area contributed by atoms with Crippen LogP contribution >= 0.6 is 59.9 Å². The van der Waals surface area contributed by atoms with Crippen molar-refractivity contribution in [2.24, 2.45) is 0 Å². The van der Waals surface area contributed by atoms with Crippen LogP contribution in [0.1, 0.15) is 30.3 Å². The second-order valence-corrected chi connectivity index (χ2v) is 40.0. The number of nitrogens with zero attached hydrogens (tertiary/aromatic N) is 3. The van der Waals surface area contributed by atoms with Gasteiger partial charge in [-0.1, -0.05) is 7.43 Å². The van der Waals surface area contributed by atoms with E-state index in [4.69, 9.17) is 9.47 Å². The first-order valence-corrected chi connectivity index (χ1v) is 20.8. The van der Waals surface area contributed by atoms with Gasteiger partial charge in [0.1, 0.15) is 0 Å². The summed E-state index contributed by atoms with van der Waals surface area (Å²) in [7, 11) is 3.04. The molecule has 29 heavy (non-hydrogen) atoms. The second-order valence-electron chi connectivity index (χ2n) is 4.62. The van der Waals surface area contributed by atoms with Crippen molar-refractivity contribution in [1.29, 1.82) is 0 Å². The molecule has 0 bridgehead atoms. The Hall–Kier alpha value is -0.516. The molecular weight excluding hydrogens is 758 g/mol. The number of carbonyl (C=O) groups excluding carboxylic acids is 1.